The van der Waals surface area contributed by atoms with Crippen molar-refractivity contribution in [3.63, 3.8) is 0 Å². The molecular formula is C15H16N2O5S2. The summed E-state index contributed by atoms with van der Waals surface area (Å²) in [6.45, 7) is 0. The van der Waals surface area contributed by atoms with Crippen LogP contribution in [-0.2, 0) is 10.1 Å². The molecule has 0 saturated carbocycles. The zero-order valence-corrected chi connectivity index (χ0v) is 14.9. The molecule has 1 aromatic carbocycles. The molecule has 0 unspecified atom stereocenters. The minimum atomic E-state index is -3.67. The molecule has 2 aromatic heterocycles. The molecule has 3 rings (SSSR count). The standard InChI is InChI=1S/C14H12N2O2S.CH4O3S/c1-17-11-7-10-13(8-12(11)18-2)19-14(16-10)9-3-5-15-6-4-9;1-5(2,3)4/h3-8H,1-2H3;1H3,(H,2,3,4). The highest BCUT2D eigenvalue weighted by molar-refractivity contribution is 7.85. The van der Waals surface area contributed by atoms with Crippen LogP contribution in [-0.4, -0.2) is 43.4 Å². The number of hydrogen-bond donors (Lipinski definition) is 1. The third-order valence-electron chi connectivity index (χ3n) is 2.82. The summed E-state index contributed by atoms with van der Waals surface area (Å²) in [6, 6.07) is 7.75. The van der Waals surface area contributed by atoms with Gasteiger partial charge in [0, 0.05) is 30.1 Å². The van der Waals surface area contributed by atoms with Gasteiger partial charge in [0.15, 0.2) is 11.5 Å². The Bertz CT molecular complexity index is 875. The Hall–Kier alpha value is -2.23. The van der Waals surface area contributed by atoms with Crippen LogP contribution in [0.3, 0.4) is 0 Å². The number of methoxy groups -OCH3 is 2. The van der Waals surface area contributed by atoms with Crippen molar-refractivity contribution in [1.29, 1.82) is 0 Å². The fraction of sp³-hybridized carbons (Fsp3) is 0.200. The van der Waals surface area contributed by atoms with E-state index in [0.29, 0.717) is 12.0 Å². The second-order valence-electron chi connectivity index (χ2n) is 4.66. The van der Waals surface area contributed by atoms with Gasteiger partial charge in [0.25, 0.3) is 10.1 Å². The third kappa shape index (κ3) is 4.88. The van der Waals surface area contributed by atoms with Crippen LogP contribution in [0.25, 0.3) is 20.8 Å². The number of aromatic nitrogens is 2. The van der Waals surface area contributed by atoms with Crippen molar-refractivity contribution in [2.24, 2.45) is 0 Å². The summed E-state index contributed by atoms with van der Waals surface area (Å²) in [5, 5.41) is 0.965. The molecule has 9 heteroatoms. The van der Waals surface area contributed by atoms with E-state index in [1.165, 1.54) is 0 Å². The summed E-state index contributed by atoms with van der Waals surface area (Å²) >= 11 is 1.62. The average molecular weight is 368 g/mol. The van der Waals surface area contributed by atoms with Gasteiger partial charge >= 0.3 is 0 Å². The molecule has 0 saturated heterocycles. The van der Waals surface area contributed by atoms with E-state index < -0.39 is 10.1 Å². The number of fused-ring (bicyclic) bond motifs is 1. The smallest absolute Gasteiger partial charge is 0.261 e. The zero-order valence-electron chi connectivity index (χ0n) is 13.3. The maximum atomic E-state index is 9.19. The molecular weight excluding hydrogens is 352 g/mol. The molecule has 3 aromatic rings. The second-order valence-corrected chi connectivity index (χ2v) is 7.16. The lowest BCUT2D eigenvalue weighted by Crippen LogP contribution is -1.89. The maximum Gasteiger partial charge on any atom is 0.261 e. The SMILES string of the molecule is COc1cc2nc(-c3ccncc3)sc2cc1OC.CS(=O)(=O)O. The summed E-state index contributed by atoms with van der Waals surface area (Å²) in [6.07, 6.45) is 4.25. The van der Waals surface area contributed by atoms with Gasteiger partial charge in [-0.15, -0.1) is 11.3 Å². The summed E-state index contributed by atoms with van der Waals surface area (Å²) in [4.78, 5) is 8.64. The minimum absolute atomic E-state index is 0.696. The van der Waals surface area contributed by atoms with Gasteiger partial charge in [-0.2, -0.15) is 8.42 Å². The first kappa shape index (κ1) is 18.1. The minimum Gasteiger partial charge on any atom is -0.493 e. The monoisotopic (exact) mass is 368 g/mol. The lowest BCUT2D eigenvalue weighted by atomic mass is 10.3. The van der Waals surface area contributed by atoms with Crippen molar-refractivity contribution in [2.75, 3.05) is 20.5 Å². The Balaban J connectivity index is 0.000000368. The van der Waals surface area contributed by atoms with Crippen LogP contribution in [0.5, 0.6) is 11.5 Å². The van der Waals surface area contributed by atoms with Crippen molar-refractivity contribution in [1.82, 2.24) is 9.97 Å². The quantitative estimate of drug-likeness (QED) is 0.710. The Labute approximate surface area is 143 Å². The summed E-state index contributed by atoms with van der Waals surface area (Å²) < 4.78 is 37.5. The zero-order chi connectivity index (χ0) is 17.7. The Kier molecular flexibility index (Phi) is 5.71. The normalized spacial score (nSPS) is 10.8. The van der Waals surface area contributed by atoms with E-state index in [1.807, 2.05) is 24.3 Å². The Morgan fingerprint density at radius 2 is 1.62 bits per heavy atom. The van der Waals surface area contributed by atoms with Crippen LogP contribution in [0.4, 0.5) is 0 Å². The highest BCUT2D eigenvalue weighted by Crippen LogP contribution is 2.37. The number of pyridine rings is 1. The maximum absolute atomic E-state index is 9.19. The largest absolute Gasteiger partial charge is 0.493 e. The molecule has 0 bridgehead atoms. The predicted octanol–water partition coefficient (Wildman–Crippen LogP) is 2.88. The van der Waals surface area contributed by atoms with Gasteiger partial charge in [-0.3, -0.25) is 9.54 Å². The van der Waals surface area contributed by atoms with Gasteiger partial charge < -0.3 is 9.47 Å². The van der Waals surface area contributed by atoms with Crippen molar-refractivity contribution >= 4 is 31.7 Å². The van der Waals surface area contributed by atoms with Crippen LogP contribution in [0.15, 0.2) is 36.7 Å². The number of ether oxygens (including phenoxy) is 2. The van der Waals surface area contributed by atoms with E-state index >= 15 is 0 Å². The molecule has 24 heavy (non-hydrogen) atoms. The molecule has 128 valence electrons. The molecule has 0 radical (unpaired) electrons. The lowest BCUT2D eigenvalue weighted by molar-refractivity contribution is 0.356. The third-order valence-corrected chi connectivity index (χ3v) is 3.89. The van der Waals surface area contributed by atoms with Crippen LogP contribution in [0.2, 0.25) is 0 Å². The molecule has 0 aliphatic heterocycles. The molecule has 1 N–H and O–H groups in total. The van der Waals surface area contributed by atoms with E-state index in [4.69, 9.17) is 14.0 Å². The van der Waals surface area contributed by atoms with Gasteiger partial charge in [0.1, 0.15) is 5.01 Å². The molecule has 2 heterocycles. The number of nitrogens with zero attached hydrogens (tertiary/aromatic N) is 2. The van der Waals surface area contributed by atoms with Gasteiger partial charge in [0.05, 0.1) is 30.7 Å². The number of benzene rings is 1. The Morgan fingerprint density at radius 1 is 1.08 bits per heavy atom. The van der Waals surface area contributed by atoms with E-state index in [9.17, 15) is 8.42 Å². The van der Waals surface area contributed by atoms with Crippen LogP contribution >= 0.6 is 11.3 Å². The lowest BCUT2D eigenvalue weighted by Gasteiger charge is -2.05. The topological polar surface area (TPSA) is 98.6 Å². The van der Waals surface area contributed by atoms with Crippen molar-refractivity contribution in [3.05, 3.63) is 36.7 Å². The van der Waals surface area contributed by atoms with Gasteiger partial charge in [-0.1, -0.05) is 0 Å². The van der Waals surface area contributed by atoms with Crippen molar-refractivity contribution in [3.8, 4) is 22.1 Å². The van der Waals surface area contributed by atoms with Crippen molar-refractivity contribution < 1.29 is 22.4 Å². The molecule has 0 aliphatic carbocycles. The van der Waals surface area contributed by atoms with Crippen LogP contribution in [0, 0.1) is 0 Å². The van der Waals surface area contributed by atoms with Gasteiger partial charge in [0.2, 0.25) is 0 Å². The fourth-order valence-electron chi connectivity index (χ4n) is 1.87. The number of hydrogen-bond acceptors (Lipinski definition) is 7. The predicted molar refractivity (Wildman–Crippen MR) is 93.4 cm³/mol. The van der Waals surface area contributed by atoms with E-state index in [0.717, 1.165) is 26.5 Å². The molecule has 0 atom stereocenters. The first-order valence-electron chi connectivity index (χ1n) is 6.67. The molecule has 0 amide bonds. The Morgan fingerprint density at radius 3 is 2.17 bits per heavy atom. The van der Waals surface area contributed by atoms with Crippen molar-refractivity contribution in [2.45, 2.75) is 0 Å². The highest BCUT2D eigenvalue weighted by atomic mass is 32.2. The summed E-state index contributed by atoms with van der Waals surface area (Å²) in [5.74, 6) is 1.42. The first-order chi connectivity index (χ1) is 11.3. The number of rotatable bonds is 3. The van der Waals surface area contributed by atoms with Gasteiger partial charge in [-0.05, 0) is 12.1 Å². The second kappa shape index (κ2) is 7.56. The molecule has 0 aliphatic rings. The average Bonchev–Trinajstić information content (AvgIpc) is 2.95. The summed E-state index contributed by atoms with van der Waals surface area (Å²) in [7, 11) is -0.408. The van der Waals surface area contributed by atoms with Gasteiger partial charge in [-0.25, -0.2) is 4.98 Å². The highest BCUT2D eigenvalue weighted by Gasteiger charge is 2.11. The van der Waals surface area contributed by atoms with Crippen LogP contribution in [0.1, 0.15) is 0 Å². The number of thiazole rings is 1. The van der Waals surface area contributed by atoms with E-state index in [1.54, 1.807) is 38.0 Å². The molecule has 0 fully saturated rings. The summed E-state index contributed by atoms with van der Waals surface area (Å²) in [5.41, 5.74) is 1.98. The molecule has 7 nitrogen and oxygen atoms in total. The van der Waals surface area contributed by atoms with E-state index in [-0.39, 0.29) is 0 Å². The molecule has 0 spiro atoms. The van der Waals surface area contributed by atoms with E-state index in [2.05, 4.69) is 9.97 Å². The van der Waals surface area contributed by atoms with Crippen LogP contribution < -0.4 is 9.47 Å². The fourth-order valence-corrected chi connectivity index (χ4v) is 2.85. The first-order valence-corrected chi connectivity index (χ1v) is 9.33.